The van der Waals surface area contributed by atoms with Gasteiger partial charge in [-0.1, -0.05) is 60.5 Å². The standard InChI is InChI=1S/C33H37N3O2S/c1-32(2,3)38-31(37)35-33(19-10-20-33)27-15-13-25(14-16-27)29-30(26-11-8-7-9-12-26)36-21-17-24(23-28(36)34-29)18-22-39(4,5)6/h7-9,11-17,21,23H,10,19-20H2,1-6H3,(H,35,37). The third kappa shape index (κ3) is 5.99. The van der Waals surface area contributed by atoms with Crippen molar-refractivity contribution in [1.82, 2.24) is 14.7 Å². The fraction of sp³-hybridized carbons (Fsp3) is 0.333. The molecule has 1 fully saturated rings. The second-order valence-corrected chi connectivity index (χ2v) is 15.9. The molecule has 202 valence electrons. The van der Waals surface area contributed by atoms with Gasteiger partial charge < -0.3 is 10.1 Å². The van der Waals surface area contributed by atoms with Crippen LogP contribution < -0.4 is 5.32 Å². The summed E-state index contributed by atoms with van der Waals surface area (Å²) < 4.78 is 7.70. The molecule has 0 unspecified atom stereocenters. The van der Waals surface area contributed by atoms with Gasteiger partial charge in [-0.2, -0.15) is 10.0 Å². The number of fused-ring (bicyclic) bond motifs is 1. The highest BCUT2D eigenvalue weighted by atomic mass is 32.3. The number of carbonyl (C=O) groups is 1. The first-order valence-corrected chi connectivity index (χ1v) is 16.2. The lowest BCUT2D eigenvalue weighted by atomic mass is 9.71. The molecule has 5 nitrogen and oxygen atoms in total. The molecule has 0 spiro atoms. The SMILES string of the molecule is CC(C)(C)OC(=O)NC1(c2ccc(-c3nc4cc(C#CS(C)(C)C)ccn4c3-c3ccccc3)cc2)CCC1. The highest BCUT2D eigenvalue weighted by Gasteiger charge is 2.41. The van der Waals surface area contributed by atoms with E-state index in [1.165, 1.54) is 0 Å². The quantitative estimate of drug-likeness (QED) is 0.272. The minimum atomic E-state index is -0.917. The summed E-state index contributed by atoms with van der Waals surface area (Å²) in [6.07, 6.45) is 11.2. The number of benzene rings is 2. The van der Waals surface area contributed by atoms with Crippen LogP contribution in [-0.2, 0) is 10.3 Å². The lowest BCUT2D eigenvalue weighted by Gasteiger charge is -2.43. The molecule has 0 bridgehead atoms. The Morgan fingerprint density at radius 1 is 1.00 bits per heavy atom. The molecule has 0 aliphatic heterocycles. The number of pyridine rings is 1. The van der Waals surface area contributed by atoms with Crippen molar-refractivity contribution in [2.45, 2.75) is 51.2 Å². The van der Waals surface area contributed by atoms with Gasteiger partial charge in [0.1, 0.15) is 11.2 Å². The first-order chi connectivity index (χ1) is 18.4. The van der Waals surface area contributed by atoms with E-state index in [4.69, 9.17) is 9.72 Å². The van der Waals surface area contributed by atoms with Gasteiger partial charge >= 0.3 is 6.09 Å². The van der Waals surface area contributed by atoms with Gasteiger partial charge in [0.25, 0.3) is 0 Å². The van der Waals surface area contributed by atoms with Gasteiger partial charge in [0.2, 0.25) is 0 Å². The minimum Gasteiger partial charge on any atom is -0.444 e. The van der Waals surface area contributed by atoms with Gasteiger partial charge in [0.05, 0.1) is 16.9 Å². The Morgan fingerprint density at radius 2 is 1.69 bits per heavy atom. The van der Waals surface area contributed by atoms with Crippen LogP contribution in [0.1, 0.15) is 51.2 Å². The molecule has 2 aromatic carbocycles. The van der Waals surface area contributed by atoms with E-state index in [0.29, 0.717) is 0 Å². The fourth-order valence-corrected chi connectivity index (χ4v) is 5.29. The Morgan fingerprint density at radius 3 is 2.28 bits per heavy atom. The molecule has 0 saturated heterocycles. The molecule has 1 amide bonds. The Hall–Kier alpha value is -3.69. The van der Waals surface area contributed by atoms with Crippen LogP contribution in [0.15, 0.2) is 72.9 Å². The van der Waals surface area contributed by atoms with Gasteiger partial charge in [0.15, 0.2) is 0 Å². The molecule has 5 rings (SSSR count). The molecule has 39 heavy (non-hydrogen) atoms. The molecule has 0 atom stereocenters. The third-order valence-electron chi connectivity index (χ3n) is 6.83. The normalized spacial score (nSPS) is 15.1. The Bertz CT molecular complexity index is 1560. The molecule has 1 aliphatic rings. The van der Waals surface area contributed by atoms with Crippen LogP contribution in [0.5, 0.6) is 0 Å². The summed E-state index contributed by atoms with van der Waals surface area (Å²) in [4.78, 5) is 17.7. The number of nitrogens with one attached hydrogen (secondary N) is 1. The number of hydrogen-bond donors (Lipinski definition) is 1. The Kier molecular flexibility index (Phi) is 6.99. The highest BCUT2D eigenvalue weighted by Crippen LogP contribution is 2.42. The van der Waals surface area contributed by atoms with Crippen molar-refractivity contribution in [2.24, 2.45) is 0 Å². The number of amides is 1. The number of rotatable bonds is 4. The van der Waals surface area contributed by atoms with Crippen LogP contribution >= 0.6 is 10.0 Å². The molecule has 2 aromatic heterocycles. The van der Waals surface area contributed by atoms with Gasteiger partial charge in [-0.15, -0.1) is 0 Å². The zero-order chi connectivity index (χ0) is 27.8. The van der Waals surface area contributed by atoms with E-state index in [1.807, 2.05) is 26.8 Å². The molecule has 1 aliphatic carbocycles. The zero-order valence-corrected chi connectivity index (χ0v) is 24.5. The molecule has 2 heterocycles. The van der Waals surface area contributed by atoms with E-state index in [0.717, 1.165) is 58.6 Å². The second kappa shape index (κ2) is 10.1. The number of aromatic nitrogens is 2. The van der Waals surface area contributed by atoms with Crippen molar-refractivity contribution in [1.29, 1.82) is 0 Å². The summed E-state index contributed by atoms with van der Waals surface area (Å²) in [6.45, 7) is 5.65. The second-order valence-electron chi connectivity index (χ2n) is 12.0. The van der Waals surface area contributed by atoms with Crippen LogP contribution in [0.3, 0.4) is 0 Å². The van der Waals surface area contributed by atoms with Gasteiger partial charge in [-0.05, 0) is 81.7 Å². The summed E-state index contributed by atoms with van der Waals surface area (Å²) in [5.74, 6) is 3.34. The Labute approximate surface area is 233 Å². The maximum atomic E-state index is 12.6. The summed E-state index contributed by atoms with van der Waals surface area (Å²) in [5.41, 5.74) is 6.10. The lowest BCUT2D eigenvalue weighted by molar-refractivity contribution is 0.0377. The number of hydrogen-bond acceptors (Lipinski definition) is 3. The van der Waals surface area contributed by atoms with Crippen LogP contribution in [0.2, 0.25) is 0 Å². The smallest absolute Gasteiger partial charge is 0.408 e. The van der Waals surface area contributed by atoms with E-state index >= 15 is 0 Å². The lowest BCUT2D eigenvalue weighted by Crippen LogP contribution is -2.52. The van der Waals surface area contributed by atoms with Gasteiger partial charge in [-0.25, -0.2) is 9.78 Å². The van der Waals surface area contributed by atoms with E-state index < -0.39 is 15.6 Å². The van der Waals surface area contributed by atoms with Crippen molar-refractivity contribution in [3.05, 3.63) is 84.1 Å². The first-order valence-electron chi connectivity index (χ1n) is 13.3. The minimum absolute atomic E-state index is 0.370. The third-order valence-corrected chi connectivity index (χ3v) is 7.55. The van der Waals surface area contributed by atoms with Gasteiger partial charge in [0, 0.05) is 22.9 Å². The Balaban J connectivity index is 1.53. The molecule has 6 heteroatoms. The average Bonchev–Trinajstić information content (AvgIpc) is 3.23. The van der Waals surface area contributed by atoms with Crippen LogP contribution in [0.4, 0.5) is 4.79 Å². The largest absolute Gasteiger partial charge is 0.444 e. The van der Waals surface area contributed by atoms with Crippen LogP contribution in [-0.4, -0.2) is 39.8 Å². The number of carbonyl (C=O) groups excluding carboxylic acids is 1. The zero-order valence-electron chi connectivity index (χ0n) is 23.7. The predicted octanol–water partition coefficient (Wildman–Crippen LogP) is 7.58. The summed E-state index contributed by atoms with van der Waals surface area (Å²) in [5, 5.41) is 6.56. The van der Waals surface area contributed by atoms with Crippen molar-refractivity contribution in [2.75, 3.05) is 18.8 Å². The molecular weight excluding hydrogens is 502 g/mol. The maximum absolute atomic E-state index is 12.6. The maximum Gasteiger partial charge on any atom is 0.408 e. The summed E-state index contributed by atoms with van der Waals surface area (Å²) in [7, 11) is -0.917. The number of alkyl carbamates (subject to hydrolysis) is 1. The van der Waals surface area contributed by atoms with E-state index in [2.05, 4.69) is 107 Å². The van der Waals surface area contributed by atoms with Gasteiger partial charge in [-0.3, -0.25) is 4.40 Å². The molecule has 0 radical (unpaired) electrons. The summed E-state index contributed by atoms with van der Waals surface area (Å²) >= 11 is 0. The first kappa shape index (κ1) is 26.9. The van der Waals surface area contributed by atoms with Crippen molar-refractivity contribution in [3.8, 4) is 33.7 Å². The molecule has 1 N–H and O–H groups in total. The number of nitrogens with zero attached hydrogens (tertiary/aromatic N) is 2. The number of imidazole rings is 1. The van der Waals surface area contributed by atoms with E-state index in [1.54, 1.807) is 0 Å². The molecular formula is C33H37N3O2S. The highest BCUT2D eigenvalue weighted by molar-refractivity contribution is 8.35. The van der Waals surface area contributed by atoms with Crippen molar-refractivity contribution in [3.63, 3.8) is 0 Å². The molecule has 1 saturated carbocycles. The van der Waals surface area contributed by atoms with Crippen molar-refractivity contribution >= 4 is 21.8 Å². The summed E-state index contributed by atoms with van der Waals surface area (Å²) in [6, 6.07) is 23.0. The van der Waals surface area contributed by atoms with E-state index in [-0.39, 0.29) is 11.6 Å². The fourth-order valence-electron chi connectivity index (χ4n) is 4.87. The topological polar surface area (TPSA) is 55.6 Å². The monoisotopic (exact) mass is 539 g/mol. The number of ether oxygens (including phenoxy) is 1. The van der Waals surface area contributed by atoms with Crippen LogP contribution in [0.25, 0.3) is 28.2 Å². The van der Waals surface area contributed by atoms with Crippen LogP contribution in [0, 0.1) is 11.2 Å². The average molecular weight is 540 g/mol. The predicted molar refractivity (Wildman–Crippen MR) is 163 cm³/mol. The van der Waals surface area contributed by atoms with E-state index in [9.17, 15) is 4.79 Å². The molecule has 4 aromatic rings. The van der Waals surface area contributed by atoms with Crippen molar-refractivity contribution < 1.29 is 9.53 Å².